The van der Waals surface area contributed by atoms with Crippen LogP contribution in [0.15, 0.2) is 5.38 Å². The SMILES string of the molecule is CC(C)c1csc(NC(=O)CCC2CCCCN2)n1. The molecule has 1 unspecified atom stereocenters. The average Bonchev–Trinajstić information content (AvgIpc) is 2.86. The summed E-state index contributed by atoms with van der Waals surface area (Å²) in [5, 5.41) is 9.11. The van der Waals surface area contributed by atoms with Crippen molar-refractivity contribution < 1.29 is 4.79 Å². The van der Waals surface area contributed by atoms with E-state index in [0.717, 1.165) is 23.8 Å². The van der Waals surface area contributed by atoms with Gasteiger partial charge in [0.1, 0.15) is 0 Å². The Hall–Kier alpha value is -0.940. The van der Waals surface area contributed by atoms with E-state index < -0.39 is 0 Å². The summed E-state index contributed by atoms with van der Waals surface area (Å²) >= 11 is 1.51. The van der Waals surface area contributed by atoms with Gasteiger partial charge in [-0.3, -0.25) is 4.79 Å². The zero-order valence-corrected chi connectivity index (χ0v) is 12.6. The van der Waals surface area contributed by atoms with Crippen LogP contribution in [-0.2, 0) is 4.79 Å². The number of carbonyl (C=O) groups is 1. The van der Waals surface area contributed by atoms with Gasteiger partial charge in [0.15, 0.2) is 5.13 Å². The van der Waals surface area contributed by atoms with Crippen molar-refractivity contribution in [2.45, 2.75) is 57.9 Å². The Balaban J connectivity index is 1.73. The van der Waals surface area contributed by atoms with Crippen molar-refractivity contribution in [1.29, 1.82) is 0 Å². The molecule has 0 aromatic carbocycles. The first-order valence-electron chi connectivity index (χ1n) is 7.14. The van der Waals surface area contributed by atoms with Gasteiger partial charge in [-0.05, 0) is 31.7 Å². The number of rotatable bonds is 5. The Morgan fingerprint density at radius 1 is 1.58 bits per heavy atom. The number of carbonyl (C=O) groups excluding carboxylic acids is 1. The number of nitrogens with zero attached hydrogens (tertiary/aromatic N) is 1. The lowest BCUT2D eigenvalue weighted by molar-refractivity contribution is -0.116. The zero-order valence-electron chi connectivity index (χ0n) is 11.7. The monoisotopic (exact) mass is 281 g/mol. The molecule has 1 saturated heterocycles. The van der Waals surface area contributed by atoms with Crippen LogP contribution in [0.2, 0.25) is 0 Å². The van der Waals surface area contributed by atoms with Gasteiger partial charge >= 0.3 is 0 Å². The Morgan fingerprint density at radius 2 is 2.42 bits per heavy atom. The molecule has 1 aromatic heterocycles. The normalized spacial score (nSPS) is 19.6. The maximum absolute atomic E-state index is 11.9. The molecule has 2 heterocycles. The van der Waals surface area contributed by atoms with Gasteiger partial charge in [-0.25, -0.2) is 4.98 Å². The van der Waals surface area contributed by atoms with Gasteiger partial charge < -0.3 is 10.6 Å². The van der Waals surface area contributed by atoms with Crippen LogP contribution in [0.25, 0.3) is 0 Å². The number of amides is 1. The summed E-state index contributed by atoms with van der Waals surface area (Å²) in [5.74, 6) is 0.491. The first kappa shape index (κ1) is 14.5. The van der Waals surface area contributed by atoms with E-state index in [1.54, 1.807) is 0 Å². The van der Waals surface area contributed by atoms with Crippen molar-refractivity contribution in [3.05, 3.63) is 11.1 Å². The minimum Gasteiger partial charge on any atom is -0.314 e. The van der Waals surface area contributed by atoms with Crippen molar-refractivity contribution in [2.75, 3.05) is 11.9 Å². The van der Waals surface area contributed by atoms with Crippen LogP contribution < -0.4 is 10.6 Å². The van der Waals surface area contributed by atoms with Gasteiger partial charge in [0.2, 0.25) is 5.91 Å². The third-order valence-corrected chi connectivity index (χ3v) is 4.27. The van der Waals surface area contributed by atoms with E-state index in [9.17, 15) is 4.79 Å². The van der Waals surface area contributed by atoms with E-state index in [1.165, 1.54) is 30.6 Å². The lowest BCUT2D eigenvalue weighted by Gasteiger charge is -2.22. The van der Waals surface area contributed by atoms with Crippen molar-refractivity contribution in [3.8, 4) is 0 Å². The summed E-state index contributed by atoms with van der Waals surface area (Å²) in [6, 6.07) is 0.516. The molecule has 1 aliphatic rings. The summed E-state index contributed by atoms with van der Waals surface area (Å²) in [4.78, 5) is 16.3. The number of thiazole rings is 1. The molecule has 0 aliphatic carbocycles. The van der Waals surface area contributed by atoms with Gasteiger partial charge in [-0.1, -0.05) is 20.3 Å². The van der Waals surface area contributed by atoms with E-state index in [-0.39, 0.29) is 5.91 Å². The maximum Gasteiger partial charge on any atom is 0.226 e. The Kier molecular flexibility index (Phi) is 5.34. The number of anilines is 1. The molecule has 0 saturated carbocycles. The molecule has 1 aliphatic heterocycles. The highest BCUT2D eigenvalue weighted by molar-refractivity contribution is 7.13. The highest BCUT2D eigenvalue weighted by Crippen LogP contribution is 2.21. The van der Waals surface area contributed by atoms with Crippen LogP contribution in [0.1, 0.15) is 57.6 Å². The first-order valence-corrected chi connectivity index (χ1v) is 8.02. The number of aromatic nitrogens is 1. The molecule has 1 aromatic rings. The van der Waals surface area contributed by atoms with Crippen molar-refractivity contribution >= 4 is 22.4 Å². The van der Waals surface area contributed by atoms with Gasteiger partial charge in [-0.15, -0.1) is 11.3 Å². The first-order chi connectivity index (χ1) is 9.15. The lowest BCUT2D eigenvalue weighted by atomic mass is 10.0. The second-order valence-electron chi connectivity index (χ2n) is 5.47. The quantitative estimate of drug-likeness (QED) is 0.872. The fourth-order valence-electron chi connectivity index (χ4n) is 2.27. The summed E-state index contributed by atoms with van der Waals surface area (Å²) in [7, 11) is 0. The van der Waals surface area contributed by atoms with E-state index in [2.05, 4.69) is 29.5 Å². The predicted octanol–water partition coefficient (Wildman–Crippen LogP) is 3.13. The number of piperidine rings is 1. The van der Waals surface area contributed by atoms with Crippen LogP contribution in [0.5, 0.6) is 0 Å². The molecule has 0 radical (unpaired) electrons. The molecule has 1 amide bonds. The van der Waals surface area contributed by atoms with E-state index >= 15 is 0 Å². The number of hydrogen-bond acceptors (Lipinski definition) is 4. The van der Waals surface area contributed by atoms with Gasteiger partial charge in [-0.2, -0.15) is 0 Å². The van der Waals surface area contributed by atoms with Crippen LogP contribution in [0.4, 0.5) is 5.13 Å². The molecular formula is C14H23N3OS. The lowest BCUT2D eigenvalue weighted by Crippen LogP contribution is -2.34. The molecule has 5 heteroatoms. The molecule has 106 valence electrons. The van der Waals surface area contributed by atoms with Crippen LogP contribution in [0.3, 0.4) is 0 Å². The largest absolute Gasteiger partial charge is 0.314 e. The molecular weight excluding hydrogens is 258 g/mol. The molecule has 0 spiro atoms. The molecule has 19 heavy (non-hydrogen) atoms. The highest BCUT2D eigenvalue weighted by atomic mass is 32.1. The standard InChI is InChI=1S/C14H23N3OS/c1-10(2)12-9-19-14(16-12)17-13(18)7-6-11-5-3-4-8-15-11/h9-11,15H,3-8H2,1-2H3,(H,16,17,18). The zero-order chi connectivity index (χ0) is 13.7. The minimum atomic E-state index is 0.0806. The molecule has 1 fully saturated rings. The second-order valence-corrected chi connectivity index (χ2v) is 6.32. The maximum atomic E-state index is 11.9. The fourth-order valence-corrected chi connectivity index (χ4v) is 3.15. The average molecular weight is 281 g/mol. The van der Waals surface area contributed by atoms with Crippen molar-refractivity contribution in [3.63, 3.8) is 0 Å². The van der Waals surface area contributed by atoms with Crippen LogP contribution >= 0.6 is 11.3 Å². The van der Waals surface area contributed by atoms with E-state index in [4.69, 9.17) is 0 Å². The van der Waals surface area contributed by atoms with E-state index in [1.807, 2.05) is 5.38 Å². The second kappa shape index (κ2) is 7.01. The van der Waals surface area contributed by atoms with Gasteiger partial charge in [0.25, 0.3) is 0 Å². The Bertz CT molecular complexity index is 411. The fraction of sp³-hybridized carbons (Fsp3) is 0.714. The molecule has 2 rings (SSSR count). The Morgan fingerprint density at radius 3 is 3.05 bits per heavy atom. The van der Waals surface area contributed by atoms with Crippen molar-refractivity contribution in [2.24, 2.45) is 0 Å². The third kappa shape index (κ3) is 4.58. The van der Waals surface area contributed by atoms with Crippen molar-refractivity contribution in [1.82, 2.24) is 10.3 Å². The van der Waals surface area contributed by atoms with Crippen LogP contribution in [-0.4, -0.2) is 23.5 Å². The molecule has 1 atom stereocenters. The van der Waals surface area contributed by atoms with Gasteiger partial charge in [0.05, 0.1) is 5.69 Å². The number of hydrogen-bond donors (Lipinski definition) is 2. The molecule has 0 bridgehead atoms. The van der Waals surface area contributed by atoms with E-state index in [0.29, 0.717) is 18.4 Å². The minimum absolute atomic E-state index is 0.0806. The highest BCUT2D eigenvalue weighted by Gasteiger charge is 2.15. The number of nitrogens with one attached hydrogen (secondary N) is 2. The predicted molar refractivity (Wildman–Crippen MR) is 79.7 cm³/mol. The summed E-state index contributed by atoms with van der Waals surface area (Å²) in [6.07, 6.45) is 5.24. The molecule has 2 N–H and O–H groups in total. The smallest absolute Gasteiger partial charge is 0.226 e. The third-order valence-electron chi connectivity index (χ3n) is 3.49. The van der Waals surface area contributed by atoms with Crippen LogP contribution in [0, 0.1) is 0 Å². The topological polar surface area (TPSA) is 54.0 Å². The van der Waals surface area contributed by atoms with Gasteiger partial charge in [0, 0.05) is 17.8 Å². The summed E-state index contributed by atoms with van der Waals surface area (Å²) < 4.78 is 0. The summed E-state index contributed by atoms with van der Waals surface area (Å²) in [5.41, 5.74) is 1.05. The summed E-state index contributed by atoms with van der Waals surface area (Å²) in [6.45, 7) is 5.31. The molecule has 4 nitrogen and oxygen atoms in total. The Labute approximate surface area is 119 Å².